The molecular weight excluding hydrogens is 470 g/mol. The lowest BCUT2D eigenvalue weighted by Crippen LogP contribution is -2.25. The van der Waals surface area contributed by atoms with E-state index in [2.05, 4.69) is 5.32 Å². The molecule has 0 aliphatic heterocycles. The van der Waals surface area contributed by atoms with E-state index in [0.29, 0.717) is 17.7 Å². The molecule has 3 aromatic carbocycles. The summed E-state index contributed by atoms with van der Waals surface area (Å²) in [4.78, 5) is 26.0. The summed E-state index contributed by atoms with van der Waals surface area (Å²) in [5.74, 6) is -2.95. The van der Waals surface area contributed by atoms with Crippen LogP contribution in [0.15, 0.2) is 72.8 Å². The van der Waals surface area contributed by atoms with E-state index in [-0.39, 0.29) is 23.0 Å². The molecule has 0 bridgehead atoms. The largest absolute Gasteiger partial charge is 0.346 e. The average Bonchev–Trinajstić information content (AvgIpc) is 3.17. The molecule has 0 saturated carbocycles. The molecule has 0 saturated heterocycles. The average molecular weight is 493 g/mol. The first-order valence-corrected chi connectivity index (χ1v) is 11.5. The van der Waals surface area contributed by atoms with Gasteiger partial charge >= 0.3 is 0 Å². The molecular formula is C28H23ClF2N2O2. The van der Waals surface area contributed by atoms with Crippen molar-refractivity contribution in [3.8, 4) is 5.69 Å². The van der Waals surface area contributed by atoms with Gasteiger partial charge in [0.05, 0.1) is 17.8 Å². The monoisotopic (exact) mass is 492 g/mol. The molecule has 1 aromatic heterocycles. The van der Waals surface area contributed by atoms with Gasteiger partial charge in [0.1, 0.15) is 11.6 Å². The van der Waals surface area contributed by atoms with Crippen LogP contribution in [0.3, 0.4) is 0 Å². The fraction of sp³-hybridized carbons (Fsp3) is 0.143. The zero-order chi connectivity index (χ0) is 25.1. The summed E-state index contributed by atoms with van der Waals surface area (Å²) in [7, 11) is 0. The molecule has 0 atom stereocenters. The van der Waals surface area contributed by atoms with Crippen molar-refractivity contribution in [3.05, 3.63) is 123 Å². The van der Waals surface area contributed by atoms with Crippen LogP contribution >= 0.6 is 11.6 Å². The predicted octanol–water partition coefficient (Wildman–Crippen LogP) is 6.44. The highest BCUT2D eigenvalue weighted by molar-refractivity contribution is 6.31. The number of ketones is 1. The van der Waals surface area contributed by atoms with Gasteiger partial charge in [-0.25, -0.2) is 8.78 Å². The maximum atomic E-state index is 14.5. The number of hydrogen-bond acceptors (Lipinski definition) is 2. The van der Waals surface area contributed by atoms with Crippen molar-refractivity contribution in [1.29, 1.82) is 0 Å². The van der Waals surface area contributed by atoms with Crippen LogP contribution in [0.4, 0.5) is 8.78 Å². The van der Waals surface area contributed by atoms with E-state index in [9.17, 15) is 18.4 Å². The fourth-order valence-electron chi connectivity index (χ4n) is 4.18. The van der Waals surface area contributed by atoms with Crippen LogP contribution < -0.4 is 5.32 Å². The molecule has 0 spiro atoms. The molecule has 4 aromatic rings. The maximum Gasteiger partial charge on any atom is 0.251 e. The summed E-state index contributed by atoms with van der Waals surface area (Å²) < 4.78 is 30.7. The third kappa shape index (κ3) is 4.88. The van der Waals surface area contributed by atoms with Gasteiger partial charge in [0.15, 0.2) is 0 Å². The van der Waals surface area contributed by atoms with Crippen LogP contribution in [0.25, 0.3) is 5.69 Å². The number of nitrogens with zero attached hydrogens (tertiary/aromatic N) is 1. The smallest absolute Gasteiger partial charge is 0.251 e. The van der Waals surface area contributed by atoms with E-state index < -0.39 is 23.0 Å². The van der Waals surface area contributed by atoms with Gasteiger partial charge in [0.25, 0.3) is 5.91 Å². The molecule has 0 fully saturated rings. The third-order valence-electron chi connectivity index (χ3n) is 5.84. The van der Waals surface area contributed by atoms with Crippen molar-refractivity contribution >= 4 is 23.3 Å². The van der Waals surface area contributed by atoms with Crippen LogP contribution in [-0.4, -0.2) is 16.3 Å². The Kier molecular flexibility index (Phi) is 7.12. The molecule has 0 aliphatic carbocycles. The first-order chi connectivity index (χ1) is 16.8. The molecule has 0 unspecified atom stereocenters. The Morgan fingerprint density at radius 2 is 1.63 bits per heavy atom. The van der Waals surface area contributed by atoms with Crippen molar-refractivity contribution in [2.75, 3.05) is 0 Å². The normalized spacial score (nSPS) is 10.9. The minimum atomic E-state index is -0.949. The zero-order valence-corrected chi connectivity index (χ0v) is 20.0. The minimum Gasteiger partial charge on any atom is -0.346 e. The van der Waals surface area contributed by atoms with Gasteiger partial charge < -0.3 is 9.88 Å². The topological polar surface area (TPSA) is 51.1 Å². The van der Waals surface area contributed by atoms with Gasteiger partial charge in [-0.05, 0) is 67.4 Å². The van der Waals surface area contributed by atoms with E-state index in [1.54, 1.807) is 36.4 Å². The highest BCUT2D eigenvalue weighted by atomic mass is 35.5. The van der Waals surface area contributed by atoms with Gasteiger partial charge in [-0.3, -0.25) is 9.59 Å². The number of amides is 1. The molecule has 1 amide bonds. The number of aromatic nitrogens is 1. The van der Waals surface area contributed by atoms with Gasteiger partial charge in [-0.2, -0.15) is 0 Å². The number of halogens is 3. The van der Waals surface area contributed by atoms with Crippen LogP contribution in [0, 0.1) is 18.6 Å². The SMILES string of the molecule is CCc1cc(C)n(-c2ccc(Cl)cc2C(=O)c2c(F)cccc2F)c1CNC(=O)c1ccccc1. The quantitative estimate of drug-likeness (QED) is 0.302. The van der Waals surface area contributed by atoms with E-state index in [0.717, 1.165) is 29.1 Å². The van der Waals surface area contributed by atoms with Crippen LogP contribution in [-0.2, 0) is 13.0 Å². The number of aryl methyl sites for hydroxylation is 2. The van der Waals surface area contributed by atoms with Gasteiger partial charge in [0.2, 0.25) is 5.78 Å². The molecule has 35 heavy (non-hydrogen) atoms. The highest BCUT2D eigenvalue weighted by Gasteiger charge is 2.24. The van der Waals surface area contributed by atoms with Crippen molar-refractivity contribution in [2.45, 2.75) is 26.8 Å². The lowest BCUT2D eigenvalue weighted by molar-refractivity contribution is 0.0949. The molecule has 178 valence electrons. The number of carbonyl (C=O) groups is 2. The first-order valence-electron chi connectivity index (χ1n) is 11.1. The second-order valence-electron chi connectivity index (χ2n) is 8.08. The molecule has 4 rings (SSSR count). The van der Waals surface area contributed by atoms with Crippen LogP contribution in [0.5, 0.6) is 0 Å². The van der Waals surface area contributed by atoms with Gasteiger partial charge in [-0.15, -0.1) is 0 Å². The lowest BCUT2D eigenvalue weighted by Gasteiger charge is -2.18. The summed E-state index contributed by atoms with van der Waals surface area (Å²) in [6.07, 6.45) is 0.684. The summed E-state index contributed by atoms with van der Waals surface area (Å²) in [6.45, 7) is 4.05. The molecule has 4 nitrogen and oxygen atoms in total. The molecule has 1 heterocycles. The Bertz CT molecular complexity index is 1390. The number of rotatable bonds is 7. The van der Waals surface area contributed by atoms with E-state index in [1.165, 1.54) is 12.1 Å². The standard InChI is InChI=1S/C28H23ClF2N2O2/c1-3-18-14-17(2)33(25(18)16-32-28(35)19-8-5-4-6-9-19)24-13-12-20(29)15-21(24)27(34)26-22(30)10-7-11-23(26)31/h4-15H,3,16H2,1-2H3,(H,32,35). The van der Waals surface area contributed by atoms with Crippen molar-refractivity contribution in [2.24, 2.45) is 0 Å². The van der Waals surface area contributed by atoms with Crippen molar-refractivity contribution in [1.82, 2.24) is 9.88 Å². The highest BCUT2D eigenvalue weighted by Crippen LogP contribution is 2.29. The van der Waals surface area contributed by atoms with Crippen molar-refractivity contribution in [3.63, 3.8) is 0 Å². The number of carbonyl (C=O) groups excluding carboxylic acids is 2. The molecule has 7 heteroatoms. The predicted molar refractivity (Wildman–Crippen MR) is 132 cm³/mol. The third-order valence-corrected chi connectivity index (χ3v) is 6.08. The number of benzene rings is 3. The van der Waals surface area contributed by atoms with E-state index in [1.807, 2.05) is 30.5 Å². The van der Waals surface area contributed by atoms with E-state index >= 15 is 0 Å². The fourth-order valence-corrected chi connectivity index (χ4v) is 4.35. The Morgan fingerprint density at radius 3 is 2.29 bits per heavy atom. The van der Waals surface area contributed by atoms with Crippen LogP contribution in [0.2, 0.25) is 5.02 Å². The Morgan fingerprint density at radius 1 is 0.943 bits per heavy atom. The first kappa shape index (κ1) is 24.4. The molecule has 1 N–H and O–H groups in total. The Hall–Kier alpha value is -3.77. The number of nitrogens with one attached hydrogen (secondary N) is 1. The Balaban J connectivity index is 1.80. The maximum absolute atomic E-state index is 14.5. The Labute approximate surface area is 207 Å². The summed E-state index contributed by atoms with van der Waals surface area (Å²) in [5, 5.41) is 3.19. The second-order valence-corrected chi connectivity index (χ2v) is 8.52. The van der Waals surface area contributed by atoms with Crippen LogP contribution in [0.1, 0.15) is 50.2 Å². The second kappa shape index (κ2) is 10.2. The van der Waals surface area contributed by atoms with Crippen molar-refractivity contribution < 1.29 is 18.4 Å². The lowest BCUT2D eigenvalue weighted by atomic mass is 10.00. The van der Waals surface area contributed by atoms with Gasteiger partial charge in [0, 0.05) is 27.5 Å². The molecule has 0 aliphatic rings. The summed E-state index contributed by atoms with van der Waals surface area (Å²) in [5.41, 5.74) is 2.90. The number of hydrogen-bond donors (Lipinski definition) is 1. The summed E-state index contributed by atoms with van der Waals surface area (Å²) >= 11 is 6.19. The zero-order valence-electron chi connectivity index (χ0n) is 19.2. The minimum absolute atomic E-state index is 0.0542. The summed E-state index contributed by atoms with van der Waals surface area (Å²) in [6, 6.07) is 18.8. The molecule has 0 radical (unpaired) electrons. The van der Waals surface area contributed by atoms with E-state index in [4.69, 9.17) is 11.6 Å². The van der Waals surface area contributed by atoms with Gasteiger partial charge in [-0.1, -0.05) is 42.8 Å².